The van der Waals surface area contributed by atoms with Gasteiger partial charge in [-0.3, -0.25) is 0 Å². The monoisotopic (exact) mass is 225 g/mol. The average Bonchev–Trinajstić information content (AvgIpc) is 2.27. The lowest BCUT2D eigenvalue weighted by atomic mass is 10.0. The highest BCUT2D eigenvalue weighted by atomic mass is 16.5. The third-order valence-electron chi connectivity index (χ3n) is 2.27. The summed E-state index contributed by atoms with van der Waals surface area (Å²) in [5.41, 5.74) is 0.901. The number of carboxylic acids is 1. The molecule has 0 spiro atoms. The van der Waals surface area contributed by atoms with Crippen LogP contribution in [0.25, 0.3) is 0 Å². The van der Waals surface area contributed by atoms with Gasteiger partial charge in [-0.05, 0) is 24.6 Å². The number of ether oxygens (including phenoxy) is 2. The molecule has 88 valence electrons. The van der Waals surface area contributed by atoms with Crippen molar-refractivity contribution in [3.8, 4) is 11.5 Å². The summed E-state index contributed by atoms with van der Waals surface area (Å²) >= 11 is 0. The molecule has 0 saturated heterocycles. The minimum absolute atomic E-state index is 0.116. The maximum Gasteiger partial charge on any atom is 0.125 e. The molecule has 0 amide bonds. The number of carbonyl (C=O) groups excluding carboxylic acids is 1. The van der Waals surface area contributed by atoms with Crippen molar-refractivity contribution in [2.75, 3.05) is 14.2 Å². The molecule has 5 nitrogen and oxygen atoms in total. The first-order chi connectivity index (χ1) is 7.51. The number of hydrogen-bond acceptors (Lipinski definition) is 5. The minimum Gasteiger partial charge on any atom is -0.547 e. The van der Waals surface area contributed by atoms with Gasteiger partial charge in [-0.1, -0.05) is 0 Å². The van der Waals surface area contributed by atoms with Crippen molar-refractivity contribution in [1.29, 1.82) is 0 Å². The van der Waals surface area contributed by atoms with Crippen LogP contribution < -0.4 is 14.6 Å². The van der Waals surface area contributed by atoms with Crippen molar-refractivity contribution in [3.05, 3.63) is 23.3 Å². The maximum absolute atomic E-state index is 10.6. The third kappa shape index (κ3) is 2.25. The van der Waals surface area contributed by atoms with Crippen LogP contribution in [0.3, 0.4) is 0 Å². The topological polar surface area (TPSA) is 78.8 Å². The Labute approximate surface area is 93.2 Å². The number of aliphatic hydroxyl groups is 1. The fourth-order valence-electron chi connectivity index (χ4n) is 1.41. The fraction of sp³-hybridized carbons (Fsp3) is 0.364. The molecule has 1 rings (SSSR count). The molecule has 0 aliphatic carbocycles. The van der Waals surface area contributed by atoms with E-state index < -0.39 is 12.1 Å². The largest absolute Gasteiger partial charge is 0.547 e. The van der Waals surface area contributed by atoms with E-state index in [1.165, 1.54) is 20.3 Å². The Morgan fingerprint density at radius 2 is 1.88 bits per heavy atom. The van der Waals surface area contributed by atoms with Gasteiger partial charge >= 0.3 is 0 Å². The molecule has 0 heterocycles. The van der Waals surface area contributed by atoms with Gasteiger partial charge in [0, 0.05) is 5.56 Å². The average molecular weight is 225 g/mol. The van der Waals surface area contributed by atoms with E-state index in [1.807, 2.05) is 0 Å². The zero-order chi connectivity index (χ0) is 12.3. The normalized spacial score (nSPS) is 12.0. The van der Waals surface area contributed by atoms with Gasteiger partial charge in [0.25, 0.3) is 0 Å². The molecule has 0 aromatic heterocycles. The summed E-state index contributed by atoms with van der Waals surface area (Å²) < 4.78 is 10.0. The van der Waals surface area contributed by atoms with Crippen molar-refractivity contribution in [3.63, 3.8) is 0 Å². The summed E-state index contributed by atoms with van der Waals surface area (Å²) in [6.45, 7) is 1.79. The van der Waals surface area contributed by atoms with Crippen LogP contribution in [0.15, 0.2) is 12.1 Å². The first-order valence-corrected chi connectivity index (χ1v) is 4.62. The van der Waals surface area contributed by atoms with E-state index in [2.05, 4.69) is 0 Å². The zero-order valence-electron chi connectivity index (χ0n) is 9.31. The molecule has 0 aliphatic rings. The number of rotatable bonds is 4. The number of carboxylic acid groups (broad SMARTS) is 1. The van der Waals surface area contributed by atoms with Crippen LogP contribution in [0.5, 0.6) is 11.5 Å². The highest BCUT2D eigenvalue weighted by Crippen LogP contribution is 2.32. The van der Waals surface area contributed by atoms with Crippen LogP contribution in [0.2, 0.25) is 0 Å². The van der Waals surface area contributed by atoms with Crippen LogP contribution in [-0.2, 0) is 4.79 Å². The Hall–Kier alpha value is -1.75. The van der Waals surface area contributed by atoms with Gasteiger partial charge in [0.15, 0.2) is 0 Å². The summed E-state index contributed by atoms with van der Waals surface area (Å²) in [6, 6.07) is 3.02. The van der Waals surface area contributed by atoms with Gasteiger partial charge in [-0.25, -0.2) is 0 Å². The molecule has 0 aliphatic heterocycles. The van der Waals surface area contributed by atoms with Gasteiger partial charge in [0.05, 0.1) is 20.2 Å². The van der Waals surface area contributed by atoms with Crippen LogP contribution in [-0.4, -0.2) is 25.3 Å². The highest BCUT2D eigenvalue weighted by molar-refractivity contribution is 5.73. The second kappa shape index (κ2) is 4.85. The number of hydrogen-bond donors (Lipinski definition) is 1. The van der Waals surface area contributed by atoms with Crippen LogP contribution in [0.1, 0.15) is 17.2 Å². The van der Waals surface area contributed by atoms with Crippen molar-refractivity contribution in [2.24, 2.45) is 0 Å². The third-order valence-corrected chi connectivity index (χ3v) is 2.27. The molecule has 1 aromatic carbocycles. The van der Waals surface area contributed by atoms with Crippen LogP contribution in [0.4, 0.5) is 0 Å². The van der Waals surface area contributed by atoms with E-state index in [0.29, 0.717) is 5.75 Å². The molecule has 1 aromatic rings. The van der Waals surface area contributed by atoms with E-state index >= 15 is 0 Å². The quantitative estimate of drug-likeness (QED) is 0.767. The number of aryl methyl sites for hydroxylation is 1. The van der Waals surface area contributed by atoms with E-state index in [9.17, 15) is 15.0 Å². The smallest absolute Gasteiger partial charge is 0.125 e. The SMILES string of the molecule is COc1cc(C(O)C(=O)[O-])c(OC)cc1C. The Kier molecular flexibility index (Phi) is 3.73. The number of aliphatic hydroxyl groups excluding tert-OH is 1. The predicted octanol–water partition coefficient (Wildman–Crippen LogP) is -0.204. The summed E-state index contributed by atoms with van der Waals surface area (Å²) in [4.78, 5) is 10.6. The van der Waals surface area contributed by atoms with Gasteiger partial charge < -0.3 is 24.5 Å². The summed E-state index contributed by atoms with van der Waals surface area (Å²) in [7, 11) is 2.86. The van der Waals surface area contributed by atoms with Gasteiger partial charge in [0.1, 0.15) is 17.6 Å². The number of aliphatic carboxylic acids is 1. The van der Waals surface area contributed by atoms with E-state index in [-0.39, 0.29) is 11.3 Å². The number of methoxy groups -OCH3 is 2. The van der Waals surface area contributed by atoms with Crippen molar-refractivity contribution >= 4 is 5.97 Å². The molecule has 0 fully saturated rings. The molecular weight excluding hydrogens is 212 g/mol. The lowest BCUT2D eigenvalue weighted by molar-refractivity contribution is -0.315. The molecule has 0 saturated carbocycles. The number of benzene rings is 1. The molecular formula is C11H13O5-. The van der Waals surface area contributed by atoms with Crippen molar-refractivity contribution < 1.29 is 24.5 Å². The maximum atomic E-state index is 10.6. The summed E-state index contributed by atoms with van der Waals surface area (Å²) in [6.07, 6.45) is -1.73. The summed E-state index contributed by atoms with van der Waals surface area (Å²) in [5.74, 6) is -0.810. The highest BCUT2D eigenvalue weighted by Gasteiger charge is 2.16. The Morgan fingerprint density at radius 3 is 2.31 bits per heavy atom. The van der Waals surface area contributed by atoms with Crippen LogP contribution in [0, 0.1) is 6.92 Å². The second-order valence-corrected chi connectivity index (χ2v) is 3.29. The van der Waals surface area contributed by atoms with Gasteiger partial charge in [-0.2, -0.15) is 0 Å². The van der Waals surface area contributed by atoms with E-state index in [4.69, 9.17) is 9.47 Å². The van der Waals surface area contributed by atoms with E-state index in [0.717, 1.165) is 5.56 Å². The Morgan fingerprint density at radius 1 is 1.31 bits per heavy atom. The molecule has 1 unspecified atom stereocenters. The Balaban J connectivity index is 3.29. The van der Waals surface area contributed by atoms with E-state index in [1.54, 1.807) is 13.0 Å². The minimum atomic E-state index is -1.73. The molecule has 0 radical (unpaired) electrons. The summed E-state index contributed by atoms with van der Waals surface area (Å²) in [5, 5.41) is 20.0. The van der Waals surface area contributed by atoms with Gasteiger partial charge in [-0.15, -0.1) is 0 Å². The lowest BCUT2D eigenvalue weighted by Gasteiger charge is -2.17. The second-order valence-electron chi connectivity index (χ2n) is 3.29. The molecule has 5 heteroatoms. The molecule has 0 bridgehead atoms. The van der Waals surface area contributed by atoms with Crippen LogP contribution >= 0.6 is 0 Å². The number of carbonyl (C=O) groups is 1. The zero-order valence-corrected chi connectivity index (χ0v) is 9.31. The van der Waals surface area contributed by atoms with Crippen molar-refractivity contribution in [2.45, 2.75) is 13.0 Å². The Bertz CT molecular complexity index is 400. The fourth-order valence-corrected chi connectivity index (χ4v) is 1.41. The standard InChI is InChI=1S/C11H14O5/c1-6-4-9(16-3)7(5-8(6)15-2)10(12)11(13)14/h4-5,10,12H,1-3H3,(H,13,14)/p-1. The first-order valence-electron chi connectivity index (χ1n) is 4.62. The molecule has 1 N–H and O–H groups in total. The van der Waals surface area contributed by atoms with Crippen molar-refractivity contribution in [1.82, 2.24) is 0 Å². The van der Waals surface area contributed by atoms with Gasteiger partial charge in [0.2, 0.25) is 0 Å². The first kappa shape index (κ1) is 12.3. The molecule has 1 atom stereocenters. The predicted molar refractivity (Wildman–Crippen MR) is 54.2 cm³/mol. The lowest BCUT2D eigenvalue weighted by Crippen LogP contribution is -2.29. The molecule has 16 heavy (non-hydrogen) atoms.